The van der Waals surface area contributed by atoms with Gasteiger partial charge in [-0.15, -0.1) is 4.68 Å². The molecule has 1 atom stereocenters. The highest BCUT2D eigenvalue weighted by atomic mass is 16.5. The van der Waals surface area contributed by atoms with Crippen molar-refractivity contribution in [2.75, 3.05) is 19.5 Å². The number of nitrogens with zero attached hydrogens (tertiary/aromatic N) is 5. The summed E-state index contributed by atoms with van der Waals surface area (Å²) >= 11 is 0. The Bertz CT molecular complexity index is 1520. The molecule has 1 saturated carbocycles. The molecule has 1 aromatic carbocycles. The number of nitrogens with one attached hydrogen (secondary N) is 2. The molecule has 1 unspecified atom stereocenters. The van der Waals surface area contributed by atoms with E-state index in [-0.39, 0.29) is 0 Å². The number of anilines is 1. The molecule has 3 aromatic heterocycles. The second-order valence-corrected chi connectivity index (χ2v) is 9.36. The molecular formula is C25H28N7O2+. The molecular weight excluding hydrogens is 430 g/mol. The molecule has 2 aliphatic rings. The minimum atomic E-state index is 0.307. The zero-order valence-corrected chi connectivity index (χ0v) is 20.3. The predicted molar refractivity (Wildman–Crippen MR) is 132 cm³/mol. The van der Waals surface area contributed by atoms with Gasteiger partial charge >= 0.3 is 0 Å². The van der Waals surface area contributed by atoms with Crippen molar-refractivity contribution in [3.05, 3.63) is 29.4 Å². The molecule has 0 spiro atoms. The summed E-state index contributed by atoms with van der Waals surface area (Å²) in [5, 5.41) is 14.4. The lowest BCUT2D eigenvalue weighted by atomic mass is 9.97. The van der Waals surface area contributed by atoms with Gasteiger partial charge in [-0.2, -0.15) is 4.98 Å². The summed E-state index contributed by atoms with van der Waals surface area (Å²) in [5.74, 6) is 5.01. The molecule has 0 radical (unpaired) electrons. The number of methoxy groups -OCH3 is 1. The first kappa shape index (κ1) is 20.8. The number of hydrogen-bond donors (Lipinski definition) is 2. The fourth-order valence-corrected chi connectivity index (χ4v) is 5.28. The number of hydrazone groups is 1. The van der Waals surface area contributed by atoms with Gasteiger partial charge in [-0.25, -0.2) is 10.3 Å². The van der Waals surface area contributed by atoms with Crippen molar-refractivity contribution >= 4 is 39.3 Å². The Labute approximate surface area is 196 Å². The van der Waals surface area contributed by atoms with E-state index in [4.69, 9.17) is 24.3 Å². The molecule has 0 amide bonds. The van der Waals surface area contributed by atoms with Crippen LogP contribution in [0.1, 0.15) is 37.0 Å². The minimum Gasteiger partial charge on any atom is -0.496 e. The molecule has 1 aliphatic heterocycles. The third kappa shape index (κ3) is 3.10. The van der Waals surface area contributed by atoms with Gasteiger partial charge in [0.25, 0.3) is 5.84 Å². The van der Waals surface area contributed by atoms with E-state index in [2.05, 4.69) is 28.4 Å². The summed E-state index contributed by atoms with van der Waals surface area (Å²) < 4.78 is 13.2. The predicted octanol–water partition coefficient (Wildman–Crippen LogP) is 4.57. The first-order chi connectivity index (χ1) is 16.4. The Morgan fingerprint density at radius 2 is 1.94 bits per heavy atom. The highest BCUT2D eigenvalue weighted by Crippen LogP contribution is 2.42. The van der Waals surface area contributed by atoms with E-state index in [0.29, 0.717) is 17.7 Å². The van der Waals surface area contributed by atoms with E-state index in [1.54, 1.807) is 7.11 Å². The zero-order valence-electron chi connectivity index (χ0n) is 20.3. The van der Waals surface area contributed by atoms with Crippen LogP contribution in [0.4, 0.5) is 5.82 Å². The van der Waals surface area contributed by atoms with Crippen LogP contribution in [-0.2, 0) is 0 Å². The van der Waals surface area contributed by atoms with Crippen LogP contribution in [0.25, 0.3) is 33.1 Å². The van der Waals surface area contributed by atoms with Gasteiger partial charge in [-0.3, -0.25) is 0 Å². The van der Waals surface area contributed by atoms with E-state index >= 15 is 0 Å². The molecule has 4 aromatic rings. The lowest BCUT2D eigenvalue weighted by Gasteiger charge is -2.10. The van der Waals surface area contributed by atoms with E-state index < -0.39 is 0 Å². The van der Waals surface area contributed by atoms with Crippen LogP contribution < -0.4 is 10.1 Å². The number of benzene rings is 1. The lowest BCUT2D eigenvalue weighted by Crippen LogP contribution is -2.30. The summed E-state index contributed by atoms with van der Waals surface area (Å²) in [5.41, 5.74) is 5.58. The average Bonchev–Trinajstić information content (AvgIpc) is 3.39. The van der Waals surface area contributed by atoms with E-state index in [1.807, 2.05) is 38.6 Å². The van der Waals surface area contributed by atoms with Gasteiger partial charge < -0.3 is 14.2 Å². The molecule has 0 saturated heterocycles. The second kappa shape index (κ2) is 7.38. The quantitative estimate of drug-likeness (QED) is 0.434. The monoisotopic (exact) mass is 458 g/mol. The van der Waals surface area contributed by atoms with Gasteiger partial charge in [0.15, 0.2) is 0 Å². The maximum atomic E-state index is 5.81. The normalized spacial score (nSPS) is 18.3. The average molecular weight is 459 g/mol. The van der Waals surface area contributed by atoms with Crippen molar-refractivity contribution in [3.8, 4) is 16.9 Å². The minimum absolute atomic E-state index is 0.307. The molecule has 1 fully saturated rings. The highest BCUT2D eigenvalue weighted by Gasteiger charge is 2.45. The molecule has 34 heavy (non-hydrogen) atoms. The zero-order chi connectivity index (χ0) is 23.7. The number of amidine groups is 1. The molecule has 4 heterocycles. The largest absolute Gasteiger partial charge is 0.496 e. The summed E-state index contributed by atoms with van der Waals surface area (Å²) in [6, 6.07) is 4.12. The van der Waals surface area contributed by atoms with Crippen molar-refractivity contribution in [1.29, 1.82) is 0 Å². The summed E-state index contributed by atoms with van der Waals surface area (Å²) in [7, 11) is 3.68. The van der Waals surface area contributed by atoms with Crippen LogP contribution in [0, 0.1) is 32.6 Å². The molecule has 6 rings (SSSR count). The first-order valence-corrected chi connectivity index (χ1v) is 11.6. The van der Waals surface area contributed by atoms with Gasteiger partial charge in [0.2, 0.25) is 5.82 Å². The molecule has 1 aliphatic carbocycles. The van der Waals surface area contributed by atoms with Gasteiger partial charge in [-0.05, 0) is 58.6 Å². The van der Waals surface area contributed by atoms with Crippen molar-refractivity contribution in [2.24, 2.45) is 16.9 Å². The fraction of sp³-hybridized carbons (Fsp3) is 0.400. The maximum absolute atomic E-state index is 5.81. The number of rotatable bonds is 4. The van der Waals surface area contributed by atoms with E-state index in [0.717, 1.165) is 67.6 Å². The van der Waals surface area contributed by atoms with Crippen molar-refractivity contribution in [2.45, 2.75) is 40.5 Å². The Kier molecular flexibility index (Phi) is 4.52. The third-order valence-electron chi connectivity index (χ3n) is 6.93. The Morgan fingerprint density at radius 1 is 1.15 bits per heavy atom. The van der Waals surface area contributed by atoms with Crippen LogP contribution in [0.5, 0.6) is 5.75 Å². The molecule has 174 valence electrons. The van der Waals surface area contributed by atoms with Gasteiger partial charge in [0.05, 0.1) is 29.5 Å². The molecule has 9 nitrogen and oxygen atoms in total. The van der Waals surface area contributed by atoms with E-state index in [1.165, 1.54) is 12.8 Å². The molecule has 0 bridgehead atoms. The summed E-state index contributed by atoms with van der Waals surface area (Å²) in [4.78, 5) is 13.0. The number of hydrogen-bond acceptors (Lipinski definition) is 7. The standard InChI is InChI=1S/C25H27N7O2/c1-11-21(15-7-8-15)25(32(5)30-11)29-24-22-16-10-19(33-6)17(20-12(2)31-34-13(20)3)9-18(16)28-23(22)26-14(4)27-24/h9-10,15,21H,7-8H2,1-6H3,(H,26,27,28)/p+1. The van der Waals surface area contributed by atoms with Crippen LogP contribution in [0.3, 0.4) is 0 Å². The van der Waals surface area contributed by atoms with Crippen LogP contribution in [0.2, 0.25) is 0 Å². The summed E-state index contributed by atoms with van der Waals surface area (Å²) in [6.45, 7) is 7.88. The molecule has 9 heteroatoms. The van der Waals surface area contributed by atoms with Gasteiger partial charge in [0.1, 0.15) is 35.9 Å². The van der Waals surface area contributed by atoms with Gasteiger partial charge in [-0.1, -0.05) is 10.3 Å². The Hall–Kier alpha value is -3.75. The smallest absolute Gasteiger partial charge is 0.285 e. The van der Waals surface area contributed by atoms with E-state index in [9.17, 15) is 0 Å². The SMILES string of the molecule is COc1cc2c(cc1-c1c(C)noc1C)[nH]c1nc(C)nc(NC3=[N+](C)N=C(C)C3C3CC3)c12. The van der Waals surface area contributed by atoms with Crippen LogP contribution in [-0.4, -0.2) is 50.5 Å². The van der Waals surface area contributed by atoms with Crippen molar-refractivity contribution in [3.63, 3.8) is 0 Å². The Balaban J connectivity index is 1.54. The lowest BCUT2D eigenvalue weighted by molar-refractivity contribution is -0.500. The number of aromatic nitrogens is 4. The highest BCUT2D eigenvalue weighted by molar-refractivity contribution is 6.17. The number of ether oxygens (including phenoxy) is 1. The number of aromatic amines is 1. The first-order valence-electron chi connectivity index (χ1n) is 11.6. The molecule has 2 N–H and O–H groups in total. The van der Waals surface area contributed by atoms with Crippen molar-refractivity contribution in [1.82, 2.24) is 20.1 Å². The van der Waals surface area contributed by atoms with Crippen LogP contribution >= 0.6 is 0 Å². The fourth-order valence-electron chi connectivity index (χ4n) is 5.28. The number of H-pyrrole nitrogens is 1. The van der Waals surface area contributed by atoms with Crippen molar-refractivity contribution < 1.29 is 13.9 Å². The topological polar surface area (TPSA) is 104 Å². The summed E-state index contributed by atoms with van der Waals surface area (Å²) in [6.07, 6.45) is 2.48. The Morgan fingerprint density at radius 3 is 2.62 bits per heavy atom. The second-order valence-electron chi connectivity index (χ2n) is 9.36. The number of aryl methyl sites for hydroxylation is 3. The third-order valence-corrected chi connectivity index (χ3v) is 6.93. The maximum Gasteiger partial charge on any atom is 0.285 e. The van der Waals surface area contributed by atoms with Crippen LogP contribution in [0.15, 0.2) is 21.8 Å². The van der Waals surface area contributed by atoms with Gasteiger partial charge in [0, 0.05) is 16.5 Å². The number of fused-ring (bicyclic) bond motifs is 3.